The molecule has 2 aromatic rings. The fourth-order valence-electron chi connectivity index (χ4n) is 1.62. The molecule has 0 amide bonds. The van der Waals surface area contributed by atoms with Crippen LogP contribution in [0.5, 0.6) is 0 Å². The van der Waals surface area contributed by atoms with E-state index in [1.807, 2.05) is 0 Å². The molecule has 98 valence electrons. The second-order valence-corrected chi connectivity index (χ2v) is 4.33. The second kappa shape index (κ2) is 5.24. The van der Waals surface area contributed by atoms with Gasteiger partial charge in [0.25, 0.3) is 0 Å². The van der Waals surface area contributed by atoms with Gasteiger partial charge in [-0.1, -0.05) is 11.6 Å². The maximum Gasteiger partial charge on any atom is 0.339 e. The Hall–Kier alpha value is -2.14. The molecule has 19 heavy (non-hydrogen) atoms. The molecule has 0 aliphatic carbocycles. The largest absolute Gasteiger partial charge is 0.478 e. The van der Waals surface area contributed by atoms with Gasteiger partial charge in [0.1, 0.15) is 16.5 Å². The fraction of sp³-hybridized carbons (Fsp3) is 0.0769. The Kier molecular flexibility index (Phi) is 3.66. The molecule has 1 heterocycles. The summed E-state index contributed by atoms with van der Waals surface area (Å²) in [6.07, 6.45) is 1.17. The van der Waals surface area contributed by atoms with Gasteiger partial charge in [-0.25, -0.2) is 14.2 Å². The third-order valence-electron chi connectivity index (χ3n) is 2.56. The number of carboxylic acid groups (broad SMARTS) is 1. The van der Waals surface area contributed by atoms with Gasteiger partial charge in [0.15, 0.2) is 0 Å². The summed E-state index contributed by atoms with van der Waals surface area (Å²) in [4.78, 5) is 14.8. The minimum Gasteiger partial charge on any atom is -0.478 e. The molecule has 0 fully saturated rings. The van der Waals surface area contributed by atoms with Crippen molar-refractivity contribution in [2.75, 3.05) is 5.32 Å². The predicted octanol–water partition coefficient (Wildman–Crippen LogP) is 3.62. The first-order valence-corrected chi connectivity index (χ1v) is 5.77. The summed E-state index contributed by atoms with van der Waals surface area (Å²) in [5, 5.41) is 12.2. The first-order chi connectivity index (χ1) is 8.97. The van der Waals surface area contributed by atoms with Gasteiger partial charge in [0, 0.05) is 11.9 Å². The number of nitrogens with zero attached hydrogens (tertiary/aromatic N) is 1. The average Bonchev–Trinajstić information content (AvgIpc) is 2.32. The van der Waals surface area contributed by atoms with Crippen LogP contribution in [-0.2, 0) is 0 Å². The highest BCUT2D eigenvalue weighted by molar-refractivity contribution is 6.29. The van der Waals surface area contributed by atoms with Gasteiger partial charge in [-0.15, -0.1) is 0 Å². The molecule has 4 nitrogen and oxygen atoms in total. The summed E-state index contributed by atoms with van der Waals surface area (Å²) in [5.41, 5.74) is 1.56. The van der Waals surface area contributed by atoms with E-state index in [1.54, 1.807) is 6.92 Å². The molecular formula is C13H10ClFN2O2. The molecule has 0 saturated heterocycles. The topological polar surface area (TPSA) is 62.2 Å². The molecular weight excluding hydrogens is 271 g/mol. The number of halogens is 2. The first-order valence-electron chi connectivity index (χ1n) is 5.39. The zero-order valence-corrected chi connectivity index (χ0v) is 10.7. The van der Waals surface area contributed by atoms with E-state index >= 15 is 0 Å². The van der Waals surface area contributed by atoms with Crippen molar-refractivity contribution < 1.29 is 14.3 Å². The van der Waals surface area contributed by atoms with E-state index in [-0.39, 0.29) is 16.5 Å². The smallest absolute Gasteiger partial charge is 0.339 e. The van der Waals surface area contributed by atoms with Gasteiger partial charge in [0.2, 0.25) is 0 Å². The fourth-order valence-corrected chi connectivity index (χ4v) is 1.77. The number of carbonyl (C=O) groups is 1. The molecule has 6 heteroatoms. The molecule has 2 N–H and O–H groups in total. The number of anilines is 2. The SMILES string of the molecule is Cc1cc(F)ccc1Nc1cc(Cl)ncc1C(=O)O. The Morgan fingerprint density at radius 1 is 1.37 bits per heavy atom. The first kappa shape index (κ1) is 13.3. The summed E-state index contributed by atoms with van der Waals surface area (Å²) >= 11 is 5.75. The maximum absolute atomic E-state index is 13.0. The van der Waals surface area contributed by atoms with E-state index in [1.165, 1.54) is 30.5 Å². The monoisotopic (exact) mass is 280 g/mol. The van der Waals surface area contributed by atoms with E-state index in [9.17, 15) is 9.18 Å². The molecule has 0 aliphatic rings. The van der Waals surface area contributed by atoms with Crippen molar-refractivity contribution in [1.29, 1.82) is 0 Å². The lowest BCUT2D eigenvalue weighted by Gasteiger charge is -2.12. The van der Waals surface area contributed by atoms with E-state index in [0.717, 1.165) is 0 Å². The number of aryl methyl sites for hydroxylation is 1. The highest BCUT2D eigenvalue weighted by atomic mass is 35.5. The summed E-state index contributed by atoms with van der Waals surface area (Å²) in [7, 11) is 0. The predicted molar refractivity (Wildman–Crippen MR) is 70.6 cm³/mol. The minimum atomic E-state index is -1.12. The Morgan fingerprint density at radius 2 is 2.11 bits per heavy atom. The van der Waals surface area contributed by atoms with E-state index < -0.39 is 5.97 Å². The highest BCUT2D eigenvalue weighted by Gasteiger charge is 2.12. The Labute approximate surface area is 113 Å². The molecule has 0 bridgehead atoms. The quantitative estimate of drug-likeness (QED) is 0.843. The molecule has 0 radical (unpaired) electrons. The molecule has 0 atom stereocenters. The highest BCUT2D eigenvalue weighted by Crippen LogP contribution is 2.25. The van der Waals surface area contributed by atoms with Crippen LogP contribution in [0.2, 0.25) is 5.15 Å². The van der Waals surface area contributed by atoms with Gasteiger partial charge in [0.05, 0.1) is 5.69 Å². The Bertz CT molecular complexity index is 647. The second-order valence-electron chi connectivity index (χ2n) is 3.94. The normalized spacial score (nSPS) is 10.3. The van der Waals surface area contributed by atoms with E-state index in [2.05, 4.69) is 10.3 Å². The lowest BCUT2D eigenvalue weighted by atomic mass is 10.1. The Morgan fingerprint density at radius 3 is 2.74 bits per heavy atom. The summed E-state index contributed by atoms with van der Waals surface area (Å²) < 4.78 is 13.0. The number of hydrogen-bond donors (Lipinski definition) is 2. The molecule has 0 saturated carbocycles. The minimum absolute atomic E-state index is 0.00637. The van der Waals surface area contributed by atoms with Crippen molar-refractivity contribution in [3.05, 3.63) is 52.6 Å². The number of aromatic carboxylic acids is 1. The molecule has 0 unspecified atom stereocenters. The summed E-state index contributed by atoms with van der Waals surface area (Å²) in [6, 6.07) is 5.59. The number of nitrogens with one attached hydrogen (secondary N) is 1. The van der Waals surface area contributed by atoms with Crippen LogP contribution in [0.3, 0.4) is 0 Å². The van der Waals surface area contributed by atoms with E-state index in [4.69, 9.17) is 16.7 Å². The van der Waals surface area contributed by atoms with E-state index in [0.29, 0.717) is 16.9 Å². The standard InChI is InChI=1S/C13H10ClFN2O2/c1-7-4-8(15)2-3-10(7)17-11-5-12(14)16-6-9(11)13(18)19/h2-6H,1H3,(H,16,17)(H,18,19). The number of hydrogen-bond acceptors (Lipinski definition) is 3. The third kappa shape index (κ3) is 3.00. The van der Waals surface area contributed by atoms with Crippen LogP contribution in [-0.4, -0.2) is 16.1 Å². The summed E-state index contributed by atoms with van der Waals surface area (Å²) in [6.45, 7) is 1.72. The van der Waals surface area contributed by atoms with Crippen molar-refractivity contribution >= 4 is 28.9 Å². The van der Waals surface area contributed by atoms with Crippen LogP contribution in [0.15, 0.2) is 30.5 Å². The maximum atomic E-state index is 13.0. The number of carboxylic acids is 1. The van der Waals surface area contributed by atoms with Crippen LogP contribution >= 0.6 is 11.6 Å². The molecule has 0 aliphatic heterocycles. The lowest BCUT2D eigenvalue weighted by molar-refractivity contribution is 0.0697. The number of benzene rings is 1. The van der Waals surface area contributed by atoms with Crippen molar-refractivity contribution in [2.45, 2.75) is 6.92 Å². The van der Waals surface area contributed by atoms with Gasteiger partial charge < -0.3 is 10.4 Å². The van der Waals surface area contributed by atoms with Crippen molar-refractivity contribution in [3.8, 4) is 0 Å². The molecule has 0 spiro atoms. The number of rotatable bonds is 3. The van der Waals surface area contributed by atoms with Crippen molar-refractivity contribution in [1.82, 2.24) is 4.98 Å². The van der Waals surface area contributed by atoms with Crippen molar-refractivity contribution in [2.24, 2.45) is 0 Å². The van der Waals surface area contributed by atoms with Crippen molar-refractivity contribution in [3.63, 3.8) is 0 Å². The van der Waals surface area contributed by atoms with Gasteiger partial charge in [-0.2, -0.15) is 0 Å². The van der Waals surface area contributed by atoms with Crippen LogP contribution in [0.25, 0.3) is 0 Å². The molecule has 2 rings (SSSR count). The van der Waals surface area contributed by atoms with Crippen LogP contribution in [0.1, 0.15) is 15.9 Å². The average molecular weight is 281 g/mol. The van der Waals surface area contributed by atoms with Gasteiger partial charge >= 0.3 is 5.97 Å². The zero-order chi connectivity index (χ0) is 14.0. The Balaban J connectivity index is 2.42. The van der Waals surface area contributed by atoms with Crippen LogP contribution in [0.4, 0.5) is 15.8 Å². The van der Waals surface area contributed by atoms with Crippen LogP contribution < -0.4 is 5.32 Å². The lowest BCUT2D eigenvalue weighted by Crippen LogP contribution is -2.04. The third-order valence-corrected chi connectivity index (χ3v) is 2.77. The van der Waals surface area contributed by atoms with Gasteiger partial charge in [-0.3, -0.25) is 0 Å². The molecule has 1 aromatic carbocycles. The van der Waals surface area contributed by atoms with Crippen LogP contribution in [0, 0.1) is 12.7 Å². The number of aromatic nitrogens is 1. The van der Waals surface area contributed by atoms with Gasteiger partial charge in [-0.05, 0) is 36.8 Å². The zero-order valence-electron chi connectivity index (χ0n) is 9.95. The summed E-state index contributed by atoms with van der Waals surface area (Å²) in [5.74, 6) is -1.47. The molecule has 1 aromatic heterocycles. The number of pyridine rings is 1.